The number of hydrogen-bond donors (Lipinski definition) is 0. The minimum Gasteiger partial charge on any atom is -0.456 e. The van der Waals surface area contributed by atoms with E-state index in [-0.39, 0.29) is 10.8 Å². The molecule has 0 saturated heterocycles. The molecule has 2 heteroatoms. The molecule has 0 bridgehead atoms. The average Bonchev–Trinajstić information content (AvgIpc) is 4.36. The van der Waals surface area contributed by atoms with Crippen LogP contribution in [0.3, 0.4) is 0 Å². The largest absolute Gasteiger partial charge is 0.456 e. The number of fused-ring (bicyclic) bond motifs is 19. The molecule has 0 atom stereocenters. The fourth-order valence-corrected chi connectivity index (χ4v) is 14.9. The van der Waals surface area contributed by atoms with Gasteiger partial charge >= 0.3 is 0 Å². The molecule has 2 aromatic heterocycles. The van der Waals surface area contributed by atoms with Gasteiger partial charge in [-0.3, -0.25) is 0 Å². The standard InChI is InChI=1S/C75H50O2/c1-73(2)61-39-55-56-40-62-60(72-52-28-14-12-24-48(52)54(38-66(72)74(62,3)4)44-32-34-70-58(36-44)50-26-16-18-30-68(50)77-70)42-64(56)75(45-19-7-5-8-20-45,46-21-9-6-10-22-46)63(55)41-59(61)71-51-27-13-11-23-47(51)53(37-65(71)73)43-31-33-69-57(35-43)49-25-15-17-29-67(49)76-69/h5-42H,1-4H3. The molecular formula is C75H50O2. The van der Waals surface area contributed by atoms with Crippen molar-refractivity contribution < 1.29 is 8.83 Å². The Labute approximate surface area is 446 Å². The van der Waals surface area contributed by atoms with Gasteiger partial charge in [0.25, 0.3) is 0 Å². The number of rotatable bonds is 4. The molecule has 0 radical (unpaired) electrons. The van der Waals surface area contributed by atoms with Crippen LogP contribution in [0.1, 0.15) is 72.2 Å². The van der Waals surface area contributed by atoms with E-state index in [0.29, 0.717) is 0 Å². The lowest BCUT2D eigenvalue weighted by Gasteiger charge is -2.34. The molecule has 14 aromatic rings. The van der Waals surface area contributed by atoms with Gasteiger partial charge in [-0.05, 0) is 194 Å². The van der Waals surface area contributed by atoms with Gasteiger partial charge in [-0.15, -0.1) is 0 Å². The molecule has 12 aromatic carbocycles. The predicted octanol–water partition coefficient (Wildman–Crippen LogP) is 20.1. The Bertz CT molecular complexity index is 4590. The van der Waals surface area contributed by atoms with E-state index in [9.17, 15) is 0 Å². The van der Waals surface area contributed by atoms with Gasteiger partial charge in [0, 0.05) is 32.4 Å². The monoisotopic (exact) mass is 982 g/mol. The second kappa shape index (κ2) is 15.0. The second-order valence-corrected chi connectivity index (χ2v) is 23.0. The lowest BCUT2D eigenvalue weighted by molar-refractivity contribution is 0.660. The maximum Gasteiger partial charge on any atom is 0.135 e. The van der Waals surface area contributed by atoms with Gasteiger partial charge in [-0.2, -0.15) is 0 Å². The summed E-state index contributed by atoms with van der Waals surface area (Å²) in [6, 6.07) is 86.7. The summed E-state index contributed by atoms with van der Waals surface area (Å²) in [6.07, 6.45) is 0. The summed E-state index contributed by atoms with van der Waals surface area (Å²) in [5.74, 6) is 0. The molecule has 0 unspecified atom stereocenters. The minimum atomic E-state index is -0.617. The maximum atomic E-state index is 6.33. The van der Waals surface area contributed by atoms with Crippen LogP contribution in [-0.4, -0.2) is 0 Å². The van der Waals surface area contributed by atoms with Gasteiger partial charge in [0.2, 0.25) is 0 Å². The Morgan fingerprint density at radius 2 is 0.584 bits per heavy atom. The normalized spacial score (nSPS) is 15.1. The van der Waals surface area contributed by atoms with Crippen molar-refractivity contribution in [3.63, 3.8) is 0 Å². The van der Waals surface area contributed by atoms with Crippen LogP contribution in [-0.2, 0) is 16.2 Å². The zero-order valence-corrected chi connectivity index (χ0v) is 43.3. The van der Waals surface area contributed by atoms with Crippen molar-refractivity contribution in [3.8, 4) is 55.6 Å². The molecule has 0 saturated carbocycles. The van der Waals surface area contributed by atoms with E-state index in [2.05, 4.69) is 246 Å². The first-order valence-electron chi connectivity index (χ1n) is 27.1. The van der Waals surface area contributed by atoms with Crippen LogP contribution in [0.15, 0.2) is 239 Å². The van der Waals surface area contributed by atoms with Gasteiger partial charge in [0.05, 0.1) is 5.41 Å². The highest BCUT2D eigenvalue weighted by Gasteiger charge is 2.51. The third-order valence-electron chi connectivity index (χ3n) is 18.5. The molecule has 77 heavy (non-hydrogen) atoms. The molecule has 362 valence electrons. The summed E-state index contributed by atoms with van der Waals surface area (Å²) in [4.78, 5) is 0. The van der Waals surface area contributed by atoms with E-state index < -0.39 is 5.41 Å². The quantitative estimate of drug-likeness (QED) is 0.176. The van der Waals surface area contributed by atoms with E-state index in [1.807, 2.05) is 12.1 Å². The topological polar surface area (TPSA) is 26.3 Å². The van der Waals surface area contributed by atoms with Gasteiger partial charge in [-0.1, -0.05) is 185 Å². The SMILES string of the molecule is CC1(C)c2cc3c(cc2-c2c1cc(-c1ccc4oc5ccccc5c4c1)c1ccccc21)C(c1ccccc1)(c1ccccc1)c1cc2c(cc1-3)C(C)(C)c1cc(-c3ccc4oc5ccccc5c4c3)c3ccccc3c1-2. The van der Waals surface area contributed by atoms with Crippen LogP contribution < -0.4 is 0 Å². The van der Waals surface area contributed by atoms with Crippen molar-refractivity contribution in [2.75, 3.05) is 0 Å². The first-order valence-corrected chi connectivity index (χ1v) is 27.1. The van der Waals surface area contributed by atoms with Gasteiger partial charge in [0.15, 0.2) is 0 Å². The van der Waals surface area contributed by atoms with Crippen molar-refractivity contribution >= 4 is 65.4 Å². The van der Waals surface area contributed by atoms with Gasteiger partial charge < -0.3 is 8.83 Å². The van der Waals surface area contributed by atoms with E-state index in [1.165, 1.54) is 122 Å². The lowest BCUT2D eigenvalue weighted by Crippen LogP contribution is -2.29. The van der Waals surface area contributed by atoms with Crippen LogP contribution >= 0.6 is 0 Å². The number of furan rings is 2. The fraction of sp³-hybridized carbons (Fsp3) is 0.0933. The van der Waals surface area contributed by atoms with Crippen LogP contribution in [0.5, 0.6) is 0 Å². The Hall–Kier alpha value is -9.24. The van der Waals surface area contributed by atoms with E-state index >= 15 is 0 Å². The highest BCUT2D eigenvalue weighted by atomic mass is 16.3. The van der Waals surface area contributed by atoms with Crippen LogP contribution in [0.4, 0.5) is 0 Å². The Morgan fingerprint density at radius 1 is 0.247 bits per heavy atom. The molecule has 0 aliphatic heterocycles. The van der Waals surface area contributed by atoms with Crippen molar-refractivity contribution in [3.05, 3.63) is 275 Å². The highest BCUT2D eigenvalue weighted by Crippen LogP contribution is 2.64. The van der Waals surface area contributed by atoms with Crippen LogP contribution in [0.2, 0.25) is 0 Å². The molecule has 0 N–H and O–H groups in total. The molecule has 0 fully saturated rings. The second-order valence-electron chi connectivity index (χ2n) is 23.0. The highest BCUT2D eigenvalue weighted by molar-refractivity contribution is 6.14. The first-order chi connectivity index (χ1) is 37.7. The molecule has 17 rings (SSSR count). The maximum absolute atomic E-state index is 6.33. The third-order valence-corrected chi connectivity index (χ3v) is 18.5. The first kappa shape index (κ1) is 43.0. The van der Waals surface area contributed by atoms with E-state index in [1.54, 1.807) is 0 Å². The molecule has 0 amide bonds. The average molecular weight is 983 g/mol. The Balaban J connectivity index is 0.915. The molecule has 2 heterocycles. The van der Waals surface area contributed by atoms with E-state index in [4.69, 9.17) is 8.83 Å². The lowest BCUT2D eigenvalue weighted by atomic mass is 9.67. The summed E-state index contributed by atoms with van der Waals surface area (Å²) in [7, 11) is 0. The van der Waals surface area contributed by atoms with Crippen molar-refractivity contribution in [1.29, 1.82) is 0 Å². The smallest absolute Gasteiger partial charge is 0.135 e. The summed E-state index contributed by atoms with van der Waals surface area (Å²) in [5.41, 5.74) is 26.0. The summed E-state index contributed by atoms with van der Waals surface area (Å²) in [5, 5.41) is 9.66. The molecule has 3 aliphatic carbocycles. The molecule has 3 aliphatic rings. The fourth-order valence-electron chi connectivity index (χ4n) is 14.9. The molecular weight excluding hydrogens is 933 g/mol. The van der Waals surface area contributed by atoms with Crippen molar-refractivity contribution in [2.45, 2.75) is 43.9 Å². The van der Waals surface area contributed by atoms with Crippen molar-refractivity contribution in [2.24, 2.45) is 0 Å². The van der Waals surface area contributed by atoms with Gasteiger partial charge in [0.1, 0.15) is 22.3 Å². The predicted molar refractivity (Wildman–Crippen MR) is 319 cm³/mol. The molecule has 2 nitrogen and oxygen atoms in total. The van der Waals surface area contributed by atoms with Gasteiger partial charge in [-0.25, -0.2) is 0 Å². The third kappa shape index (κ3) is 5.54. The zero-order chi connectivity index (χ0) is 51.1. The number of hydrogen-bond acceptors (Lipinski definition) is 2. The van der Waals surface area contributed by atoms with Crippen molar-refractivity contribution in [1.82, 2.24) is 0 Å². The summed E-state index contributed by atoms with van der Waals surface area (Å²) >= 11 is 0. The van der Waals surface area contributed by atoms with Crippen LogP contribution in [0.25, 0.3) is 121 Å². The minimum absolute atomic E-state index is 0.302. The molecule has 0 spiro atoms. The summed E-state index contributed by atoms with van der Waals surface area (Å²) < 4.78 is 12.7. The number of para-hydroxylation sites is 2. The van der Waals surface area contributed by atoms with E-state index in [0.717, 1.165) is 43.9 Å². The Kier molecular flexibility index (Phi) is 8.38. The Morgan fingerprint density at radius 3 is 1.01 bits per heavy atom. The van der Waals surface area contributed by atoms with Crippen LogP contribution in [0, 0.1) is 0 Å². The summed E-state index contributed by atoms with van der Waals surface area (Å²) in [6.45, 7) is 9.80. The number of benzene rings is 12. The zero-order valence-electron chi connectivity index (χ0n) is 43.3.